The zero-order valence-corrected chi connectivity index (χ0v) is 15.4. The molecule has 1 saturated heterocycles. The van der Waals surface area contributed by atoms with Crippen molar-refractivity contribution in [2.24, 2.45) is 0 Å². The maximum Gasteiger partial charge on any atom is 0.248 e. The van der Waals surface area contributed by atoms with Gasteiger partial charge in [0.2, 0.25) is 11.8 Å². The van der Waals surface area contributed by atoms with Crippen LogP contribution < -0.4 is 19.7 Å². The van der Waals surface area contributed by atoms with Gasteiger partial charge in [-0.1, -0.05) is 12.1 Å². The average molecular weight is 366 g/mol. The summed E-state index contributed by atoms with van der Waals surface area (Å²) in [7, 11) is 3.10. The van der Waals surface area contributed by atoms with E-state index in [-0.39, 0.29) is 11.8 Å². The Balaban J connectivity index is 1.64. The van der Waals surface area contributed by atoms with Crippen LogP contribution in [0.4, 0.5) is 11.4 Å². The number of ether oxygens (including phenoxy) is 2. The van der Waals surface area contributed by atoms with Crippen LogP contribution in [-0.4, -0.2) is 32.6 Å². The van der Waals surface area contributed by atoms with Gasteiger partial charge >= 0.3 is 0 Å². The first-order chi connectivity index (χ1) is 13.1. The van der Waals surface area contributed by atoms with Crippen molar-refractivity contribution >= 4 is 29.3 Å². The molecule has 6 heteroatoms. The largest absolute Gasteiger partial charge is 0.497 e. The number of nitrogens with zero attached hydrogens (tertiary/aromatic N) is 1. The van der Waals surface area contributed by atoms with Crippen LogP contribution in [-0.2, 0) is 9.59 Å². The molecule has 0 unspecified atom stereocenters. The van der Waals surface area contributed by atoms with E-state index in [2.05, 4.69) is 5.32 Å². The van der Waals surface area contributed by atoms with Gasteiger partial charge in [-0.25, -0.2) is 0 Å². The average Bonchev–Trinajstić information content (AvgIpc) is 3.13. The van der Waals surface area contributed by atoms with E-state index >= 15 is 0 Å². The van der Waals surface area contributed by atoms with Crippen LogP contribution in [0.25, 0.3) is 6.08 Å². The van der Waals surface area contributed by atoms with E-state index in [1.807, 2.05) is 24.3 Å². The Morgan fingerprint density at radius 1 is 1.11 bits per heavy atom. The van der Waals surface area contributed by atoms with Crippen LogP contribution in [0.1, 0.15) is 18.4 Å². The molecule has 0 saturated carbocycles. The van der Waals surface area contributed by atoms with E-state index in [9.17, 15) is 9.59 Å². The van der Waals surface area contributed by atoms with Crippen molar-refractivity contribution in [1.82, 2.24) is 0 Å². The Labute approximate surface area is 158 Å². The van der Waals surface area contributed by atoms with Crippen molar-refractivity contribution in [3.8, 4) is 11.5 Å². The molecule has 0 bridgehead atoms. The molecule has 140 valence electrons. The molecule has 6 nitrogen and oxygen atoms in total. The fourth-order valence-electron chi connectivity index (χ4n) is 2.93. The molecular formula is C21H22N2O4. The maximum atomic E-state index is 12.2. The van der Waals surface area contributed by atoms with Crippen LogP contribution in [0, 0.1) is 0 Å². The first-order valence-corrected chi connectivity index (χ1v) is 8.72. The van der Waals surface area contributed by atoms with Gasteiger partial charge in [-0.3, -0.25) is 9.59 Å². The molecule has 0 aromatic heterocycles. The molecule has 0 aliphatic carbocycles. The molecule has 1 aliphatic heterocycles. The lowest BCUT2D eigenvalue weighted by Gasteiger charge is -2.15. The topological polar surface area (TPSA) is 67.9 Å². The van der Waals surface area contributed by atoms with Crippen LogP contribution in [0.15, 0.2) is 48.5 Å². The van der Waals surface area contributed by atoms with E-state index in [0.717, 1.165) is 24.2 Å². The molecule has 0 radical (unpaired) electrons. The summed E-state index contributed by atoms with van der Waals surface area (Å²) in [6, 6.07) is 12.8. The minimum atomic E-state index is -0.266. The minimum absolute atomic E-state index is 0.158. The molecule has 0 spiro atoms. The van der Waals surface area contributed by atoms with Gasteiger partial charge in [0.05, 0.1) is 19.9 Å². The second kappa shape index (κ2) is 8.40. The third kappa shape index (κ3) is 4.47. The highest BCUT2D eigenvalue weighted by Crippen LogP contribution is 2.29. The summed E-state index contributed by atoms with van der Waals surface area (Å²) in [4.78, 5) is 25.8. The van der Waals surface area contributed by atoms with Crippen molar-refractivity contribution in [3.05, 3.63) is 54.1 Å². The molecule has 2 amide bonds. The summed E-state index contributed by atoms with van der Waals surface area (Å²) in [6.07, 6.45) is 4.69. The SMILES string of the molecule is COc1ccc(NC(=O)/C=C/c2ccc(N3CCCC3=O)cc2)c(OC)c1. The number of hydrogen-bond donors (Lipinski definition) is 1. The molecule has 1 N–H and O–H groups in total. The van der Waals surface area contributed by atoms with E-state index in [4.69, 9.17) is 9.47 Å². The van der Waals surface area contributed by atoms with Gasteiger partial charge in [0.25, 0.3) is 0 Å². The highest BCUT2D eigenvalue weighted by atomic mass is 16.5. The molecule has 3 rings (SSSR count). The van der Waals surface area contributed by atoms with Crippen LogP contribution in [0.2, 0.25) is 0 Å². The third-order valence-corrected chi connectivity index (χ3v) is 4.37. The number of carbonyl (C=O) groups excluding carboxylic acids is 2. The summed E-state index contributed by atoms with van der Waals surface area (Å²) in [5.41, 5.74) is 2.33. The van der Waals surface area contributed by atoms with Gasteiger partial charge in [0.1, 0.15) is 11.5 Å². The van der Waals surface area contributed by atoms with Gasteiger partial charge < -0.3 is 19.7 Å². The number of rotatable bonds is 6. The van der Waals surface area contributed by atoms with Crippen LogP contribution in [0.3, 0.4) is 0 Å². The van der Waals surface area contributed by atoms with Crippen molar-refractivity contribution in [2.75, 3.05) is 31.0 Å². The Morgan fingerprint density at radius 2 is 1.89 bits per heavy atom. The smallest absolute Gasteiger partial charge is 0.248 e. The number of methoxy groups -OCH3 is 2. The molecule has 0 atom stereocenters. The lowest BCUT2D eigenvalue weighted by atomic mass is 10.2. The number of anilines is 2. The quantitative estimate of drug-likeness (QED) is 0.795. The third-order valence-electron chi connectivity index (χ3n) is 4.37. The Bertz CT molecular complexity index is 859. The summed E-state index contributed by atoms with van der Waals surface area (Å²) >= 11 is 0. The number of hydrogen-bond acceptors (Lipinski definition) is 4. The van der Waals surface area contributed by atoms with E-state index < -0.39 is 0 Å². The fourth-order valence-corrected chi connectivity index (χ4v) is 2.93. The van der Waals surface area contributed by atoms with Crippen molar-refractivity contribution in [3.63, 3.8) is 0 Å². The molecule has 2 aromatic carbocycles. The molecule has 27 heavy (non-hydrogen) atoms. The first kappa shape index (κ1) is 18.5. The Morgan fingerprint density at radius 3 is 2.52 bits per heavy atom. The van der Waals surface area contributed by atoms with Crippen molar-refractivity contribution < 1.29 is 19.1 Å². The van der Waals surface area contributed by atoms with E-state index in [1.165, 1.54) is 13.2 Å². The highest BCUT2D eigenvalue weighted by Gasteiger charge is 2.21. The number of nitrogens with one attached hydrogen (secondary N) is 1. The molecule has 1 aliphatic rings. The van der Waals surface area contributed by atoms with Crippen molar-refractivity contribution in [1.29, 1.82) is 0 Å². The van der Waals surface area contributed by atoms with E-state index in [0.29, 0.717) is 23.6 Å². The van der Waals surface area contributed by atoms with Gasteiger partial charge in [0, 0.05) is 30.8 Å². The molecular weight excluding hydrogens is 344 g/mol. The fraction of sp³-hybridized carbons (Fsp3) is 0.238. The molecule has 1 fully saturated rings. The highest BCUT2D eigenvalue weighted by molar-refractivity contribution is 6.03. The number of carbonyl (C=O) groups is 2. The zero-order chi connectivity index (χ0) is 19.2. The minimum Gasteiger partial charge on any atom is -0.497 e. The standard InChI is InChI=1S/C21H22N2O4/c1-26-17-10-11-18(19(14-17)27-2)22-20(24)12-7-15-5-8-16(9-6-15)23-13-3-4-21(23)25/h5-12,14H,3-4,13H2,1-2H3,(H,22,24)/b12-7+. The first-order valence-electron chi connectivity index (χ1n) is 8.72. The Kier molecular flexibility index (Phi) is 5.76. The summed E-state index contributed by atoms with van der Waals surface area (Å²) in [6.45, 7) is 0.764. The molecule has 1 heterocycles. The monoisotopic (exact) mass is 366 g/mol. The Hall–Kier alpha value is -3.28. The lowest BCUT2D eigenvalue weighted by molar-refractivity contribution is -0.117. The van der Waals surface area contributed by atoms with Crippen molar-refractivity contribution in [2.45, 2.75) is 12.8 Å². The molecule has 2 aromatic rings. The normalized spacial score (nSPS) is 13.9. The second-order valence-corrected chi connectivity index (χ2v) is 6.13. The van der Waals surface area contributed by atoms with Gasteiger partial charge in [0.15, 0.2) is 0 Å². The van der Waals surface area contributed by atoms with Gasteiger partial charge in [-0.2, -0.15) is 0 Å². The predicted molar refractivity (Wildman–Crippen MR) is 105 cm³/mol. The summed E-state index contributed by atoms with van der Waals surface area (Å²) in [5, 5.41) is 2.79. The number of amides is 2. The summed E-state index contributed by atoms with van der Waals surface area (Å²) < 4.78 is 10.4. The predicted octanol–water partition coefficient (Wildman–Crippen LogP) is 3.48. The summed E-state index contributed by atoms with van der Waals surface area (Å²) in [5.74, 6) is 1.07. The van der Waals surface area contributed by atoms with E-state index in [1.54, 1.807) is 36.3 Å². The van der Waals surface area contributed by atoms with Crippen LogP contribution >= 0.6 is 0 Å². The van der Waals surface area contributed by atoms with Gasteiger partial charge in [-0.05, 0) is 42.3 Å². The van der Waals surface area contributed by atoms with Crippen LogP contribution in [0.5, 0.6) is 11.5 Å². The zero-order valence-electron chi connectivity index (χ0n) is 15.4. The lowest BCUT2D eigenvalue weighted by Crippen LogP contribution is -2.23. The number of benzene rings is 2. The maximum absolute atomic E-state index is 12.2. The van der Waals surface area contributed by atoms with Gasteiger partial charge in [-0.15, -0.1) is 0 Å². The second-order valence-electron chi connectivity index (χ2n) is 6.13.